The largest absolute Gasteiger partial charge is 0.492 e. The molecule has 4 rings (SSSR count). The van der Waals surface area contributed by atoms with Crippen LogP contribution in [0.4, 0.5) is 0 Å². The SMILES string of the molecule is Cc1ccc(CC(=O)N2CCN(CCOc3ccc(S(=O)(=O)N4CCOCC4)cc3)CC2)cc1. The number of ether oxygens (including phenoxy) is 2. The molecule has 184 valence electrons. The van der Waals surface area contributed by atoms with E-state index in [9.17, 15) is 13.2 Å². The number of amides is 1. The summed E-state index contributed by atoms with van der Waals surface area (Å²) in [6.45, 7) is 8.00. The summed E-state index contributed by atoms with van der Waals surface area (Å²) in [6, 6.07) is 14.7. The van der Waals surface area contributed by atoms with Gasteiger partial charge in [0.2, 0.25) is 15.9 Å². The van der Waals surface area contributed by atoms with Gasteiger partial charge in [-0.15, -0.1) is 0 Å². The lowest BCUT2D eigenvalue weighted by atomic mass is 10.1. The number of piperazine rings is 1. The number of morpholine rings is 1. The van der Waals surface area contributed by atoms with Gasteiger partial charge in [0, 0.05) is 45.8 Å². The number of hydrogen-bond acceptors (Lipinski definition) is 6. The maximum atomic E-state index is 12.7. The third-order valence-electron chi connectivity index (χ3n) is 6.31. The Hall–Kier alpha value is -2.46. The van der Waals surface area contributed by atoms with Crippen LogP contribution >= 0.6 is 0 Å². The van der Waals surface area contributed by atoms with Crippen molar-refractivity contribution in [3.05, 3.63) is 59.7 Å². The van der Waals surface area contributed by atoms with Gasteiger partial charge in [0.15, 0.2) is 0 Å². The molecule has 0 bridgehead atoms. The summed E-state index contributed by atoms with van der Waals surface area (Å²) >= 11 is 0. The molecule has 0 spiro atoms. The molecule has 9 heteroatoms. The Kier molecular flexibility index (Phi) is 8.20. The first-order chi connectivity index (χ1) is 16.4. The highest BCUT2D eigenvalue weighted by molar-refractivity contribution is 7.89. The molecule has 2 aromatic carbocycles. The van der Waals surface area contributed by atoms with Gasteiger partial charge in [0.1, 0.15) is 12.4 Å². The molecule has 0 atom stereocenters. The standard InChI is InChI=1S/C25H33N3O5S/c1-21-2-4-22(5-3-21)20-25(29)27-12-10-26(11-13-27)14-19-33-23-6-8-24(9-7-23)34(30,31)28-15-17-32-18-16-28/h2-9H,10-20H2,1H3. The third-order valence-corrected chi connectivity index (χ3v) is 8.22. The summed E-state index contributed by atoms with van der Waals surface area (Å²) in [7, 11) is -3.49. The topological polar surface area (TPSA) is 79.4 Å². The second-order valence-corrected chi connectivity index (χ2v) is 10.7. The average Bonchev–Trinajstić information content (AvgIpc) is 2.87. The second-order valence-electron chi connectivity index (χ2n) is 8.72. The monoisotopic (exact) mass is 487 g/mol. The average molecular weight is 488 g/mol. The molecule has 2 aliphatic rings. The maximum Gasteiger partial charge on any atom is 0.243 e. The van der Waals surface area contributed by atoms with Crippen molar-refractivity contribution >= 4 is 15.9 Å². The van der Waals surface area contributed by atoms with Crippen molar-refractivity contribution in [3.63, 3.8) is 0 Å². The van der Waals surface area contributed by atoms with Crippen LogP contribution in [-0.2, 0) is 26.0 Å². The first kappa shape index (κ1) is 24.7. The number of sulfonamides is 1. The van der Waals surface area contributed by atoms with Crippen molar-refractivity contribution in [1.82, 2.24) is 14.1 Å². The van der Waals surface area contributed by atoms with Gasteiger partial charge in [-0.3, -0.25) is 9.69 Å². The number of carbonyl (C=O) groups excluding carboxylic acids is 1. The molecule has 0 radical (unpaired) electrons. The highest BCUT2D eigenvalue weighted by Crippen LogP contribution is 2.20. The number of nitrogens with zero attached hydrogens (tertiary/aromatic N) is 3. The predicted octanol–water partition coefficient (Wildman–Crippen LogP) is 1.78. The Labute approximate surface area is 202 Å². The van der Waals surface area contributed by atoms with Gasteiger partial charge in [-0.1, -0.05) is 29.8 Å². The van der Waals surface area contributed by atoms with Gasteiger partial charge in [-0.05, 0) is 36.8 Å². The van der Waals surface area contributed by atoms with Crippen molar-refractivity contribution in [2.24, 2.45) is 0 Å². The second kappa shape index (κ2) is 11.3. The molecule has 8 nitrogen and oxygen atoms in total. The van der Waals surface area contributed by atoms with Gasteiger partial charge in [0.25, 0.3) is 0 Å². The zero-order valence-electron chi connectivity index (χ0n) is 19.7. The van der Waals surface area contributed by atoms with Crippen molar-refractivity contribution in [2.75, 3.05) is 65.6 Å². The summed E-state index contributed by atoms with van der Waals surface area (Å²) in [5.74, 6) is 0.819. The summed E-state index contributed by atoms with van der Waals surface area (Å²) in [5.41, 5.74) is 2.25. The fraction of sp³-hybridized carbons (Fsp3) is 0.480. The van der Waals surface area contributed by atoms with Crippen molar-refractivity contribution in [1.29, 1.82) is 0 Å². The molecular formula is C25H33N3O5S. The molecule has 1 amide bonds. The number of carbonyl (C=O) groups is 1. The lowest BCUT2D eigenvalue weighted by Crippen LogP contribution is -2.49. The Morgan fingerprint density at radius 2 is 1.56 bits per heavy atom. The minimum Gasteiger partial charge on any atom is -0.492 e. The van der Waals surface area contributed by atoms with Crippen molar-refractivity contribution < 1.29 is 22.7 Å². The van der Waals surface area contributed by atoms with Crippen LogP contribution in [0.15, 0.2) is 53.4 Å². The van der Waals surface area contributed by atoms with Crippen LogP contribution < -0.4 is 4.74 Å². The number of aryl methyl sites for hydroxylation is 1. The summed E-state index contributed by atoms with van der Waals surface area (Å²) < 4.78 is 37.9. The number of hydrogen-bond donors (Lipinski definition) is 0. The Balaban J connectivity index is 1.18. The molecule has 2 heterocycles. The molecule has 2 saturated heterocycles. The van der Waals surface area contributed by atoms with Gasteiger partial charge >= 0.3 is 0 Å². The lowest BCUT2D eigenvalue weighted by molar-refractivity contribution is -0.132. The molecule has 2 aromatic rings. The predicted molar refractivity (Wildman–Crippen MR) is 129 cm³/mol. The highest BCUT2D eigenvalue weighted by atomic mass is 32.2. The normalized spacial score (nSPS) is 18.1. The summed E-state index contributed by atoms with van der Waals surface area (Å²) in [6.07, 6.45) is 0.445. The van der Waals surface area contributed by atoms with Crippen molar-refractivity contribution in [2.45, 2.75) is 18.2 Å². The van der Waals surface area contributed by atoms with E-state index in [4.69, 9.17) is 9.47 Å². The molecule has 0 saturated carbocycles. The van der Waals surface area contributed by atoms with Crippen molar-refractivity contribution in [3.8, 4) is 5.75 Å². The fourth-order valence-electron chi connectivity index (χ4n) is 4.15. The van der Waals surface area contributed by atoms with Crippen LogP contribution in [0, 0.1) is 6.92 Å². The molecule has 0 aromatic heterocycles. The highest BCUT2D eigenvalue weighted by Gasteiger charge is 2.26. The van der Waals surface area contributed by atoms with Crippen LogP contribution in [-0.4, -0.2) is 94.1 Å². The van der Waals surface area contributed by atoms with E-state index in [0.717, 1.165) is 38.3 Å². The minimum atomic E-state index is -3.49. The lowest BCUT2D eigenvalue weighted by Gasteiger charge is -2.34. The van der Waals surface area contributed by atoms with E-state index in [1.807, 2.05) is 36.1 Å². The van der Waals surface area contributed by atoms with E-state index in [1.54, 1.807) is 24.3 Å². The maximum absolute atomic E-state index is 12.7. The Morgan fingerprint density at radius 1 is 0.912 bits per heavy atom. The Morgan fingerprint density at radius 3 is 2.21 bits per heavy atom. The number of benzene rings is 2. The van der Waals surface area contributed by atoms with E-state index in [2.05, 4.69) is 4.90 Å². The molecule has 2 aliphatic heterocycles. The first-order valence-electron chi connectivity index (χ1n) is 11.8. The van der Waals surface area contributed by atoms with Gasteiger partial charge in [-0.25, -0.2) is 8.42 Å². The van der Waals surface area contributed by atoms with Gasteiger partial charge in [0.05, 0.1) is 24.5 Å². The third kappa shape index (κ3) is 6.35. The quantitative estimate of drug-likeness (QED) is 0.565. The van der Waals surface area contributed by atoms with E-state index < -0.39 is 10.0 Å². The molecule has 34 heavy (non-hydrogen) atoms. The summed E-state index contributed by atoms with van der Waals surface area (Å²) in [5, 5.41) is 0. The molecule has 2 fully saturated rings. The molecule has 0 unspecified atom stereocenters. The van der Waals surface area contributed by atoms with Crippen LogP contribution in [0.3, 0.4) is 0 Å². The van der Waals surface area contributed by atoms with Gasteiger partial charge < -0.3 is 14.4 Å². The van der Waals surface area contributed by atoms with Gasteiger partial charge in [-0.2, -0.15) is 4.31 Å². The zero-order valence-corrected chi connectivity index (χ0v) is 20.5. The van der Waals surface area contributed by atoms with E-state index in [-0.39, 0.29) is 10.8 Å². The number of rotatable bonds is 8. The van der Waals surface area contributed by atoms with E-state index in [0.29, 0.717) is 45.1 Å². The zero-order chi connectivity index (χ0) is 24.0. The van der Waals surface area contributed by atoms with Crippen LogP contribution in [0.2, 0.25) is 0 Å². The smallest absolute Gasteiger partial charge is 0.243 e. The summed E-state index contributed by atoms with van der Waals surface area (Å²) in [4.78, 5) is 17.1. The molecule has 0 aliphatic carbocycles. The Bertz CT molecular complexity index is 1040. The molecular weight excluding hydrogens is 454 g/mol. The van der Waals surface area contributed by atoms with Crippen LogP contribution in [0.5, 0.6) is 5.75 Å². The molecule has 0 N–H and O–H groups in total. The minimum absolute atomic E-state index is 0.173. The first-order valence-corrected chi connectivity index (χ1v) is 13.2. The van der Waals surface area contributed by atoms with E-state index in [1.165, 1.54) is 9.87 Å². The fourth-order valence-corrected chi connectivity index (χ4v) is 5.56. The van der Waals surface area contributed by atoms with Crippen LogP contribution in [0.25, 0.3) is 0 Å². The van der Waals surface area contributed by atoms with Crippen LogP contribution in [0.1, 0.15) is 11.1 Å². The van der Waals surface area contributed by atoms with E-state index >= 15 is 0 Å².